The lowest BCUT2D eigenvalue weighted by Gasteiger charge is -2.50. The number of amides is 1. The summed E-state index contributed by atoms with van der Waals surface area (Å²) in [7, 11) is 0. The number of likely N-dealkylation sites (tertiary alicyclic amines) is 2. The van der Waals surface area contributed by atoms with Crippen molar-refractivity contribution in [3.63, 3.8) is 0 Å². The zero-order chi connectivity index (χ0) is 29.0. The summed E-state index contributed by atoms with van der Waals surface area (Å²) in [6, 6.07) is 7.67. The molecule has 0 aliphatic carbocycles. The summed E-state index contributed by atoms with van der Waals surface area (Å²) in [6.45, 7) is 2.35. The molecule has 0 bridgehead atoms. The van der Waals surface area contributed by atoms with Crippen molar-refractivity contribution in [2.75, 3.05) is 32.7 Å². The second-order valence-corrected chi connectivity index (χ2v) is 10.9. The van der Waals surface area contributed by atoms with Crippen LogP contribution >= 0.6 is 0 Å². The highest BCUT2D eigenvalue weighted by atomic mass is 19.4. The summed E-state index contributed by atoms with van der Waals surface area (Å²) >= 11 is 0. The normalized spacial score (nSPS) is 23.9. The molecule has 0 aromatic heterocycles. The van der Waals surface area contributed by atoms with Gasteiger partial charge in [-0.15, -0.1) is 0 Å². The Bertz CT molecular complexity index is 1200. The number of hydrogen-bond donors (Lipinski definition) is 2. The first-order valence-electron chi connectivity index (χ1n) is 13.9. The maximum atomic E-state index is 15.0. The fourth-order valence-corrected chi connectivity index (χ4v) is 6.38. The van der Waals surface area contributed by atoms with E-state index in [1.165, 1.54) is 59.2 Å². The molecule has 1 amide bonds. The van der Waals surface area contributed by atoms with Crippen molar-refractivity contribution in [1.29, 1.82) is 0 Å². The molecule has 2 aromatic carbocycles. The van der Waals surface area contributed by atoms with Crippen molar-refractivity contribution < 1.29 is 32.3 Å². The molecule has 4 atom stereocenters. The molecule has 6 nitrogen and oxygen atoms in total. The minimum atomic E-state index is -4.77. The van der Waals surface area contributed by atoms with Crippen LogP contribution in [0, 0.1) is 24.6 Å². The number of nitrogens with two attached hydrogens (primary N) is 1. The van der Waals surface area contributed by atoms with Crippen LogP contribution in [-0.4, -0.2) is 71.5 Å². The minimum absolute atomic E-state index is 0.0344. The first-order valence-corrected chi connectivity index (χ1v) is 13.9. The van der Waals surface area contributed by atoms with Crippen LogP contribution in [0.2, 0.25) is 0 Å². The summed E-state index contributed by atoms with van der Waals surface area (Å²) in [4.78, 5) is 30.8. The number of ketones is 1. The van der Waals surface area contributed by atoms with Gasteiger partial charge in [0.1, 0.15) is 17.6 Å². The molecule has 4 rings (SSSR count). The molecule has 2 aliphatic heterocycles. The van der Waals surface area contributed by atoms with Crippen molar-refractivity contribution in [3.05, 3.63) is 65.0 Å². The number of aromatic hydroxyl groups is 1. The van der Waals surface area contributed by atoms with Gasteiger partial charge in [-0.05, 0) is 75.0 Å². The first kappa shape index (κ1) is 30.0. The Morgan fingerprint density at radius 1 is 1.05 bits per heavy atom. The third-order valence-corrected chi connectivity index (χ3v) is 8.31. The van der Waals surface area contributed by atoms with E-state index in [1.807, 2.05) is 0 Å². The molecule has 2 heterocycles. The molecule has 218 valence electrons. The minimum Gasteiger partial charge on any atom is -0.508 e. The molecule has 40 heavy (non-hydrogen) atoms. The average molecular weight is 564 g/mol. The Morgan fingerprint density at radius 2 is 1.75 bits per heavy atom. The predicted molar refractivity (Wildman–Crippen MR) is 143 cm³/mol. The van der Waals surface area contributed by atoms with Crippen molar-refractivity contribution in [2.45, 2.75) is 57.2 Å². The van der Waals surface area contributed by atoms with Crippen LogP contribution in [0.25, 0.3) is 0 Å². The Labute approximate surface area is 232 Å². The second-order valence-electron chi connectivity index (χ2n) is 10.9. The number of hydrogen-bond acceptors (Lipinski definition) is 5. The highest BCUT2D eigenvalue weighted by molar-refractivity contribution is 5.99. The number of carbonyl (C=O) groups excluding carboxylic acids is 2. The van der Waals surface area contributed by atoms with Crippen LogP contribution in [0.3, 0.4) is 0 Å². The molecule has 3 N–H and O–H groups in total. The number of phenolic OH excluding ortho intramolecular Hbond substituents is 1. The van der Waals surface area contributed by atoms with Gasteiger partial charge in [-0.3, -0.25) is 14.5 Å². The lowest BCUT2D eigenvalue weighted by molar-refractivity contribution is -0.214. The molecule has 2 saturated heterocycles. The molecule has 2 fully saturated rings. The van der Waals surface area contributed by atoms with Gasteiger partial charge in [0.05, 0.1) is 5.92 Å². The largest absolute Gasteiger partial charge is 0.508 e. The van der Waals surface area contributed by atoms with E-state index in [1.54, 1.807) is 0 Å². The number of unbranched alkanes of at least 4 members (excludes halogenated alkanes) is 2. The van der Waals surface area contributed by atoms with Gasteiger partial charge in [-0.2, -0.15) is 13.2 Å². The molecule has 2 aliphatic rings. The zero-order valence-corrected chi connectivity index (χ0v) is 22.7. The van der Waals surface area contributed by atoms with Crippen molar-refractivity contribution in [1.82, 2.24) is 9.80 Å². The van der Waals surface area contributed by atoms with Gasteiger partial charge in [0.2, 0.25) is 5.91 Å². The van der Waals surface area contributed by atoms with Gasteiger partial charge < -0.3 is 15.7 Å². The van der Waals surface area contributed by atoms with Crippen LogP contribution in [0.5, 0.6) is 5.75 Å². The third-order valence-electron chi connectivity index (χ3n) is 8.31. The number of Topliss-reactive ketones (excluding diaryl/α,β-unsaturated/α-hetero) is 1. The Kier molecular flexibility index (Phi) is 9.51. The maximum Gasteiger partial charge on any atom is 0.404 e. The Hall–Kier alpha value is -2.98. The Morgan fingerprint density at radius 3 is 2.40 bits per heavy atom. The van der Waals surface area contributed by atoms with Crippen LogP contribution in [-0.2, 0) is 4.79 Å². The van der Waals surface area contributed by atoms with Gasteiger partial charge in [-0.1, -0.05) is 30.7 Å². The van der Waals surface area contributed by atoms with E-state index in [2.05, 4.69) is 0 Å². The van der Waals surface area contributed by atoms with E-state index in [-0.39, 0.29) is 35.5 Å². The fraction of sp³-hybridized carbons (Fsp3) is 0.533. The standard InChI is InChI=1S/C30H37F4N3O3/c1-19-22(11-8-12-24(19)31)25-23(27(39)20-9-7-10-21(38)17-20)18-37(16-4-2-3-13-35)28(30(32,33)34)26(25)29(40)36-14-5-6-15-36/h7-12,17,23,25-26,28,38H,2-6,13-16,18,35H2,1H3/t23-,25+,26-,28-/m0/s1. The molecule has 2 aromatic rings. The monoisotopic (exact) mass is 563 g/mol. The highest BCUT2D eigenvalue weighted by Gasteiger charge is 2.60. The summed E-state index contributed by atoms with van der Waals surface area (Å²) in [6.07, 6.45) is -1.71. The number of carbonyl (C=O) groups is 2. The number of nitrogens with zero attached hydrogens (tertiary/aromatic N) is 2. The zero-order valence-electron chi connectivity index (χ0n) is 22.7. The summed E-state index contributed by atoms with van der Waals surface area (Å²) in [5, 5.41) is 10.0. The number of piperidine rings is 1. The Balaban J connectivity index is 1.90. The van der Waals surface area contributed by atoms with Crippen molar-refractivity contribution in [2.24, 2.45) is 17.6 Å². The van der Waals surface area contributed by atoms with Crippen LogP contribution < -0.4 is 5.73 Å². The van der Waals surface area contributed by atoms with Crippen LogP contribution in [0.1, 0.15) is 59.5 Å². The average Bonchev–Trinajstić information content (AvgIpc) is 3.46. The second kappa shape index (κ2) is 12.7. The number of halogens is 4. The smallest absolute Gasteiger partial charge is 0.404 e. The van der Waals surface area contributed by atoms with E-state index in [9.17, 15) is 19.1 Å². The van der Waals surface area contributed by atoms with Crippen LogP contribution in [0.4, 0.5) is 17.6 Å². The lowest BCUT2D eigenvalue weighted by atomic mass is 9.66. The molecule has 0 spiro atoms. The van der Waals surface area contributed by atoms with Gasteiger partial charge in [0.15, 0.2) is 5.78 Å². The lowest BCUT2D eigenvalue weighted by Crippen LogP contribution is -2.63. The predicted octanol–water partition coefficient (Wildman–Crippen LogP) is 5.04. The molecular formula is C30H37F4N3O3. The van der Waals surface area contributed by atoms with E-state index in [0.29, 0.717) is 51.7 Å². The first-order chi connectivity index (χ1) is 19.0. The van der Waals surface area contributed by atoms with E-state index in [4.69, 9.17) is 5.73 Å². The number of phenols is 1. The molecule has 0 unspecified atom stereocenters. The summed E-state index contributed by atoms with van der Waals surface area (Å²) < 4.78 is 59.9. The number of alkyl halides is 3. The van der Waals surface area contributed by atoms with E-state index in [0.717, 1.165) is 0 Å². The molecule has 0 radical (unpaired) electrons. The van der Waals surface area contributed by atoms with E-state index >= 15 is 13.2 Å². The van der Waals surface area contributed by atoms with E-state index < -0.39 is 47.5 Å². The summed E-state index contributed by atoms with van der Waals surface area (Å²) in [5.74, 6) is -5.85. The third kappa shape index (κ3) is 6.33. The van der Waals surface area contributed by atoms with Crippen LogP contribution in [0.15, 0.2) is 42.5 Å². The van der Waals surface area contributed by atoms with Gasteiger partial charge in [0, 0.05) is 37.0 Å². The van der Waals surface area contributed by atoms with Gasteiger partial charge in [-0.25, -0.2) is 4.39 Å². The summed E-state index contributed by atoms with van der Waals surface area (Å²) in [5.41, 5.74) is 6.07. The number of benzene rings is 2. The quantitative estimate of drug-likeness (QED) is 0.254. The van der Waals surface area contributed by atoms with Crippen molar-refractivity contribution >= 4 is 11.7 Å². The molecule has 10 heteroatoms. The van der Waals surface area contributed by atoms with Gasteiger partial charge >= 0.3 is 6.18 Å². The number of rotatable bonds is 9. The highest BCUT2D eigenvalue weighted by Crippen LogP contribution is 2.49. The maximum absolute atomic E-state index is 15.0. The van der Waals surface area contributed by atoms with Gasteiger partial charge in [0.25, 0.3) is 0 Å². The topological polar surface area (TPSA) is 86.9 Å². The van der Waals surface area contributed by atoms with Crippen molar-refractivity contribution in [3.8, 4) is 5.75 Å². The SMILES string of the molecule is Cc1c(F)cccc1[C@H]1[C@H](C(=O)N2CCCC2)[C@@H](C(F)(F)F)N(CCCCCN)C[C@@H]1C(=O)c1cccc(O)c1. The fourth-order valence-electron chi connectivity index (χ4n) is 6.38. The molecular weight excluding hydrogens is 526 g/mol. The molecule has 0 saturated carbocycles.